The van der Waals surface area contributed by atoms with Gasteiger partial charge in [0, 0.05) is 26.2 Å². The Balaban J connectivity index is 2.38. The molecule has 0 aromatic heterocycles. The number of halogens is 2. The lowest BCUT2D eigenvalue weighted by Gasteiger charge is -2.26. The highest BCUT2D eigenvalue weighted by atomic mass is 32.2. The topological polar surface area (TPSA) is 49.4 Å². The number of hydrogen-bond acceptors (Lipinski definition) is 3. The van der Waals surface area contributed by atoms with E-state index in [9.17, 15) is 17.2 Å². The quantitative estimate of drug-likeness (QED) is 0.917. The maximum Gasteiger partial charge on any atom is 0.246 e. The number of sulfonamides is 1. The average Bonchev–Trinajstić information content (AvgIpc) is 2.43. The number of nitrogens with one attached hydrogen (secondary N) is 1. The SMILES string of the molecule is CCCc1cc(F)c(S(=O)(=O)N2CCNCC2)cc1F. The number of rotatable bonds is 4. The minimum absolute atomic E-state index is 0.212. The molecule has 1 saturated heterocycles. The van der Waals surface area contributed by atoms with Crippen LogP contribution in [0.25, 0.3) is 0 Å². The van der Waals surface area contributed by atoms with Crippen LogP contribution in [0.15, 0.2) is 17.0 Å². The molecule has 1 N–H and O–H groups in total. The molecule has 0 atom stereocenters. The second-order valence-electron chi connectivity index (χ2n) is 4.78. The lowest BCUT2D eigenvalue weighted by molar-refractivity contribution is 0.358. The van der Waals surface area contributed by atoms with E-state index in [0.717, 1.165) is 12.1 Å². The Bertz CT molecular complexity index is 584. The minimum atomic E-state index is -3.97. The Hall–Kier alpha value is -1.05. The Morgan fingerprint density at radius 2 is 1.85 bits per heavy atom. The number of aryl methyl sites for hydroxylation is 1. The molecule has 0 unspecified atom stereocenters. The van der Waals surface area contributed by atoms with Crippen LogP contribution in [0.3, 0.4) is 0 Å². The molecule has 0 saturated carbocycles. The van der Waals surface area contributed by atoms with E-state index in [0.29, 0.717) is 25.9 Å². The molecular formula is C13H18F2N2O2S. The van der Waals surface area contributed by atoms with Gasteiger partial charge in [-0.3, -0.25) is 0 Å². The zero-order valence-electron chi connectivity index (χ0n) is 11.3. The van der Waals surface area contributed by atoms with Crippen molar-refractivity contribution in [3.8, 4) is 0 Å². The van der Waals surface area contributed by atoms with Gasteiger partial charge in [0.1, 0.15) is 16.5 Å². The third-order valence-electron chi connectivity index (χ3n) is 3.31. The van der Waals surface area contributed by atoms with Crippen molar-refractivity contribution in [3.05, 3.63) is 29.3 Å². The normalized spacial score (nSPS) is 17.4. The molecular weight excluding hydrogens is 286 g/mol. The van der Waals surface area contributed by atoms with Crippen LogP contribution in [0.5, 0.6) is 0 Å². The second-order valence-corrected chi connectivity index (χ2v) is 6.68. The standard InChI is InChI=1S/C13H18F2N2O2S/c1-2-3-10-8-12(15)13(9-11(10)14)20(18,19)17-6-4-16-5-7-17/h8-9,16H,2-7H2,1H3. The van der Waals surface area contributed by atoms with Crippen LogP contribution in [-0.2, 0) is 16.4 Å². The van der Waals surface area contributed by atoms with E-state index in [4.69, 9.17) is 0 Å². The van der Waals surface area contributed by atoms with Gasteiger partial charge in [-0.25, -0.2) is 17.2 Å². The van der Waals surface area contributed by atoms with Crippen molar-refractivity contribution < 1.29 is 17.2 Å². The zero-order valence-corrected chi connectivity index (χ0v) is 12.1. The van der Waals surface area contributed by atoms with Crippen LogP contribution in [0.1, 0.15) is 18.9 Å². The summed E-state index contributed by atoms with van der Waals surface area (Å²) in [6.45, 7) is 3.40. The van der Waals surface area contributed by atoms with Gasteiger partial charge in [-0.2, -0.15) is 4.31 Å². The first-order chi connectivity index (χ1) is 9.46. The lowest BCUT2D eigenvalue weighted by atomic mass is 10.1. The maximum atomic E-state index is 14.0. The molecule has 20 heavy (non-hydrogen) atoms. The van der Waals surface area contributed by atoms with E-state index >= 15 is 0 Å². The van der Waals surface area contributed by atoms with Crippen molar-refractivity contribution >= 4 is 10.0 Å². The average molecular weight is 304 g/mol. The number of hydrogen-bond donors (Lipinski definition) is 1. The third kappa shape index (κ3) is 2.99. The molecule has 112 valence electrons. The van der Waals surface area contributed by atoms with Gasteiger partial charge in [0.05, 0.1) is 0 Å². The van der Waals surface area contributed by atoms with Crippen molar-refractivity contribution in [1.82, 2.24) is 9.62 Å². The summed E-state index contributed by atoms with van der Waals surface area (Å²) >= 11 is 0. The molecule has 0 bridgehead atoms. The van der Waals surface area contributed by atoms with Crippen molar-refractivity contribution in [2.24, 2.45) is 0 Å². The largest absolute Gasteiger partial charge is 0.314 e. The first kappa shape index (κ1) is 15.3. The molecule has 0 aliphatic carbocycles. The summed E-state index contributed by atoms with van der Waals surface area (Å²) in [5.74, 6) is -1.55. The fourth-order valence-corrected chi connectivity index (χ4v) is 3.75. The van der Waals surface area contributed by atoms with Crippen LogP contribution in [0, 0.1) is 11.6 Å². The van der Waals surface area contributed by atoms with E-state index in [1.807, 2.05) is 6.92 Å². The van der Waals surface area contributed by atoms with Gasteiger partial charge in [-0.15, -0.1) is 0 Å². The predicted octanol–water partition coefficient (Wildman–Crippen LogP) is 1.51. The minimum Gasteiger partial charge on any atom is -0.314 e. The Morgan fingerprint density at radius 1 is 1.20 bits per heavy atom. The molecule has 1 fully saturated rings. The van der Waals surface area contributed by atoms with Gasteiger partial charge in [-0.1, -0.05) is 13.3 Å². The maximum absolute atomic E-state index is 14.0. The fourth-order valence-electron chi connectivity index (χ4n) is 2.25. The van der Waals surface area contributed by atoms with Crippen molar-refractivity contribution in [2.45, 2.75) is 24.7 Å². The fraction of sp³-hybridized carbons (Fsp3) is 0.538. The van der Waals surface area contributed by atoms with Gasteiger partial charge in [0.15, 0.2) is 0 Å². The number of benzene rings is 1. The highest BCUT2D eigenvalue weighted by Crippen LogP contribution is 2.23. The van der Waals surface area contributed by atoms with Crippen LogP contribution >= 0.6 is 0 Å². The summed E-state index contributed by atoms with van der Waals surface area (Å²) in [5.41, 5.74) is 0.212. The van der Waals surface area contributed by atoms with E-state index in [-0.39, 0.29) is 18.7 Å². The number of piperazine rings is 1. The molecule has 0 spiro atoms. The van der Waals surface area contributed by atoms with E-state index in [1.54, 1.807) is 0 Å². The first-order valence-electron chi connectivity index (χ1n) is 6.65. The van der Waals surface area contributed by atoms with Gasteiger partial charge in [0.2, 0.25) is 10.0 Å². The molecule has 0 amide bonds. The molecule has 2 rings (SSSR count). The Morgan fingerprint density at radius 3 is 2.45 bits per heavy atom. The molecule has 7 heteroatoms. The van der Waals surface area contributed by atoms with E-state index in [2.05, 4.69) is 5.32 Å². The van der Waals surface area contributed by atoms with Gasteiger partial charge in [0.25, 0.3) is 0 Å². The van der Waals surface area contributed by atoms with Gasteiger partial charge in [-0.05, 0) is 24.1 Å². The van der Waals surface area contributed by atoms with Crippen LogP contribution in [-0.4, -0.2) is 38.9 Å². The molecule has 1 heterocycles. The molecule has 1 aliphatic rings. The van der Waals surface area contributed by atoms with E-state index < -0.39 is 26.6 Å². The summed E-state index contributed by atoms with van der Waals surface area (Å²) in [5, 5.41) is 3.02. The van der Waals surface area contributed by atoms with Crippen LogP contribution in [0.2, 0.25) is 0 Å². The van der Waals surface area contributed by atoms with Crippen molar-refractivity contribution in [2.75, 3.05) is 26.2 Å². The summed E-state index contributed by atoms with van der Waals surface area (Å²) in [6.07, 6.45) is 1.05. The monoisotopic (exact) mass is 304 g/mol. The predicted molar refractivity (Wildman–Crippen MR) is 72.0 cm³/mol. The van der Waals surface area contributed by atoms with Gasteiger partial charge < -0.3 is 5.32 Å². The summed E-state index contributed by atoms with van der Waals surface area (Å²) in [6, 6.07) is 1.80. The van der Waals surface area contributed by atoms with Gasteiger partial charge >= 0.3 is 0 Å². The molecule has 4 nitrogen and oxygen atoms in total. The Labute approximate surface area is 117 Å². The number of nitrogens with zero attached hydrogens (tertiary/aromatic N) is 1. The van der Waals surface area contributed by atoms with Crippen LogP contribution in [0.4, 0.5) is 8.78 Å². The molecule has 0 radical (unpaired) electrons. The highest BCUT2D eigenvalue weighted by Gasteiger charge is 2.29. The summed E-state index contributed by atoms with van der Waals surface area (Å²) in [4.78, 5) is -0.572. The molecule has 1 aromatic carbocycles. The first-order valence-corrected chi connectivity index (χ1v) is 8.09. The lowest BCUT2D eigenvalue weighted by Crippen LogP contribution is -2.46. The second kappa shape index (κ2) is 6.15. The molecule has 1 aromatic rings. The van der Waals surface area contributed by atoms with Crippen molar-refractivity contribution in [1.29, 1.82) is 0 Å². The van der Waals surface area contributed by atoms with Crippen LogP contribution < -0.4 is 5.32 Å². The summed E-state index contributed by atoms with van der Waals surface area (Å²) < 4.78 is 53.7. The Kier molecular flexibility index (Phi) is 4.72. The third-order valence-corrected chi connectivity index (χ3v) is 5.23. The molecule has 1 aliphatic heterocycles. The zero-order chi connectivity index (χ0) is 14.8. The van der Waals surface area contributed by atoms with Crippen molar-refractivity contribution in [3.63, 3.8) is 0 Å². The smallest absolute Gasteiger partial charge is 0.246 e. The van der Waals surface area contributed by atoms with E-state index in [1.165, 1.54) is 4.31 Å². The summed E-state index contributed by atoms with van der Waals surface area (Å²) in [7, 11) is -3.97. The highest BCUT2D eigenvalue weighted by molar-refractivity contribution is 7.89.